The number of urea groups is 1. The van der Waals surface area contributed by atoms with Crippen molar-refractivity contribution < 1.29 is 4.79 Å². The third-order valence-electron chi connectivity index (χ3n) is 3.97. The number of hydrogen-bond acceptors (Lipinski definition) is 4. The van der Waals surface area contributed by atoms with Gasteiger partial charge in [-0.3, -0.25) is 9.80 Å². The zero-order valence-corrected chi connectivity index (χ0v) is 15.0. The molecule has 1 aliphatic heterocycles. The monoisotopic (exact) mass is 322 g/mol. The van der Waals surface area contributed by atoms with E-state index in [1.807, 2.05) is 22.8 Å². The molecule has 2 amide bonds. The number of anilines is 1. The number of carbonyl (C=O) groups is 1. The number of carbonyl (C=O) groups excluding carboxylic acids is 1. The summed E-state index contributed by atoms with van der Waals surface area (Å²) in [5.41, 5.74) is 2.23. The molecule has 2 heterocycles. The molecule has 1 fully saturated rings. The molecule has 5 nitrogen and oxygen atoms in total. The van der Waals surface area contributed by atoms with Gasteiger partial charge in [0.25, 0.3) is 0 Å². The number of aromatic nitrogens is 1. The Kier molecular flexibility index (Phi) is 5.58. The number of rotatable bonds is 5. The van der Waals surface area contributed by atoms with Crippen molar-refractivity contribution >= 4 is 22.6 Å². The Morgan fingerprint density at radius 3 is 2.64 bits per heavy atom. The van der Waals surface area contributed by atoms with Crippen LogP contribution in [-0.4, -0.2) is 46.1 Å². The van der Waals surface area contributed by atoms with Gasteiger partial charge in [0.05, 0.1) is 19.0 Å². The van der Waals surface area contributed by atoms with Crippen LogP contribution in [0.3, 0.4) is 0 Å². The number of nitrogens with zero attached hydrogens (tertiary/aromatic N) is 4. The predicted molar refractivity (Wildman–Crippen MR) is 92.3 cm³/mol. The van der Waals surface area contributed by atoms with Gasteiger partial charge in [0.15, 0.2) is 0 Å². The molecule has 2 rings (SSSR count). The maximum absolute atomic E-state index is 12.8. The van der Waals surface area contributed by atoms with Gasteiger partial charge in [0.2, 0.25) is 0 Å². The largest absolute Gasteiger partial charge is 0.327 e. The van der Waals surface area contributed by atoms with E-state index in [9.17, 15) is 4.79 Å². The summed E-state index contributed by atoms with van der Waals surface area (Å²) >= 11 is 1.43. The molecule has 0 spiro atoms. The third kappa shape index (κ3) is 3.33. The molecular weight excluding hydrogens is 296 g/mol. The fourth-order valence-corrected chi connectivity index (χ4v) is 3.53. The molecule has 22 heavy (non-hydrogen) atoms. The average Bonchev–Trinajstić information content (AvgIpc) is 2.86. The molecule has 0 atom stereocenters. The van der Waals surface area contributed by atoms with E-state index in [-0.39, 0.29) is 12.1 Å². The second kappa shape index (κ2) is 7.24. The summed E-state index contributed by atoms with van der Waals surface area (Å²) in [6.45, 7) is 12.5. The lowest BCUT2D eigenvalue weighted by molar-refractivity contribution is 0.106. The van der Waals surface area contributed by atoms with E-state index in [4.69, 9.17) is 0 Å². The molecule has 6 heteroatoms. The third-order valence-corrected chi connectivity index (χ3v) is 4.98. The highest BCUT2D eigenvalue weighted by atomic mass is 32.1. The molecule has 0 saturated carbocycles. The molecule has 1 saturated heterocycles. The maximum atomic E-state index is 12.8. The molecule has 1 aromatic rings. The lowest BCUT2D eigenvalue weighted by Gasteiger charge is -2.43. The lowest BCUT2D eigenvalue weighted by Crippen LogP contribution is -2.60. The highest BCUT2D eigenvalue weighted by Crippen LogP contribution is 2.31. The van der Waals surface area contributed by atoms with Gasteiger partial charge in [0, 0.05) is 18.2 Å². The smallest absolute Gasteiger partial charge is 0.309 e. The molecule has 122 valence electrons. The summed E-state index contributed by atoms with van der Waals surface area (Å²) < 4.78 is 4.50. The van der Waals surface area contributed by atoms with E-state index in [0.717, 1.165) is 29.2 Å². The van der Waals surface area contributed by atoms with E-state index in [2.05, 4.69) is 43.0 Å². The zero-order chi connectivity index (χ0) is 16.3. The van der Waals surface area contributed by atoms with E-state index < -0.39 is 0 Å². The average molecular weight is 322 g/mol. The summed E-state index contributed by atoms with van der Waals surface area (Å²) in [6.07, 6.45) is 5.08. The molecule has 1 aromatic heterocycles. The molecule has 1 aliphatic rings. The summed E-state index contributed by atoms with van der Waals surface area (Å²) in [5, 5.41) is 0.984. The van der Waals surface area contributed by atoms with Gasteiger partial charge < -0.3 is 4.90 Å². The van der Waals surface area contributed by atoms with Gasteiger partial charge in [-0.25, -0.2) is 4.79 Å². The van der Waals surface area contributed by atoms with Gasteiger partial charge in [-0.15, -0.1) is 0 Å². The Bertz CT molecular complexity index is 552. The van der Waals surface area contributed by atoms with E-state index in [1.54, 1.807) is 0 Å². The van der Waals surface area contributed by atoms with Crippen molar-refractivity contribution in [2.75, 3.05) is 24.8 Å². The predicted octanol–water partition coefficient (Wildman–Crippen LogP) is 3.46. The van der Waals surface area contributed by atoms with Gasteiger partial charge in [-0.1, -0.05) is 19.1 Å². The Hall–Kier alpha value is -1.40. The highest BCUT2D eigenvalue weighted by molar-refractivity contribution is 7.10. The first-order chi connectivity index (χ1) is 10.5. The minimum Gasteiger partial charge on any atom is -0.309 e. The second-order valence-electron chi connectivity index (χ2n) is 5.89. The maximum Gasteiger partial charge on any atom is 0.327 e. The molecule has 0 bridgehead atoms. The van der Waals surface area contributed by atoms with Crippen LogP contribution in [-0.2, 0) is 6.42 Å². The second-order valence-corrected chi connectivity index (χ2v) is 6.64. The summed E-state index contributed by atoms with van der Waals surface area (Å²) in [4.78, 5) is 18.9. The van der Waals surface area contributed by atoms with Crippen molar-refractivity contribution in [3.63, 3.8) is 0 Å². The molecule has 0 radical (unpaired) electrons. The zero-order valence-electron chi connectivity index (χ0n) is 14.2. The van der Waals surface area contributed by atoms with Crippen molar-refractivity contribution in [1.82, 2.24) is 14.2 Å². The van der Waals surface area contributed by atoms with Crippen molar-refractivity contribution in [3.8, 4) is 0 Å². The van der Waals surface area contributed by atoms with Crippen LogP contribution in [0.2, 0.25) is 0 Å². The van der Waals surface area contributed by atoms with E-state index in [1.165, 1.54) is 11.5 Å². The first-order valence-corrected chi connectivity index (χ1v) is 8.63. The normalized spacial score (nSPS) is 17.3. The fourth-order valence-electron chi connectivity index (χ4n) is 2.58. The first-order valence-electron chi connectivity index (χ1n) is 7.86. The fraction of sp³-hybridized carbons (Fsp3) is 0.625. The summed E-state index contributed by atoms with van der Waals surface area (Å²) in [7, 11) is 0. The topological polar surface area (TPSA) is 39.7 Å². The lowest BCUT2D eigenvalue weighted by atomic mass is 10.2. The van der Waals surface area contributed by atoms with Crippen LogP contribution in [0.25, 0.3) is 0 Å². The Morgan fingerprint density at radius 1 is 1.36 bits per heavy atom. The Balaban J connectivity index is 2.30. The van der Waals surface area contributed by atoms with Gasteiger partial charge >= 0.3 is 6.03 Å². The van der Waals surface area contributed by atoms with Crippen LogP contribution in [0.4, 0.5) is 9.80 Å². The van der Waals surface area contributed by atoms with Crippen molar-refractivity contribution in [2.45, 2.75) is 47.1 Å². The van der Waals surface area contributed by atoms with Gasteiger partial charge in [-0.05, 0) is 45.6 Å². The van der Waals surface area contributed by atoms with Crippen LogP contribution in [0, 0.1) is 6.92 Å². The molecule has 0 unspecified atom stereocenters. The SMILES string of the molecule is C/C=C/CN1CN(c2snc(CC)c2C)C(=O)N(C(C)C)C1. The highest BCUT2D eigenvalue weighted by Gasteiger charge is 2.34. The van der Waals surface area contributed by atoms with Gasteiger partial charge in [0.1, 0.15) is 5.00 Å². The van der Waals surface area contributed by atoms with Crippen molar-refractivity contribution in [2.24, 2.45) is 0 Å². The van der Waals surface area contributed by atoms with Gasteiger partial charge in [-0.2, -0.15) is 4.37 Å². The Morgan fingerprint density at radius 2 is 2.09 bits per heavy atom. The van der Waals surface area contributed by atoms with E-state index >= 15 is 0 Å². The van der Waals surface area contributed by atoms with Crippen molar-refractivity contribution in [3.05, 3.63) is 23.4 Å². The van der Waals surface area contributed by atoms with Crippen LogP contribution < -0.4 is 4.90 Å². The molecular formula is C16H26N4OS. The van der Waals surface area contributed by atoms with Crippen molar-refractivity contribution in [1.29, 1.82) is 0 Å². The van der Waals surface area contributed by atoms with Crippen LogP contribution >= 0.6 is 11.5 Å². The number of allylic oxidation sites excluding steroid dienone is 1. The number of hydrogen-bond donors (Lipinski definition) is 0. The quantitative estimate of drug-likeness (QED) is 0.779. The van der Waals surface area contributed by atoms with Crippen LogP contribution in [0.5, 0.6) is 0 Å². The first kappa shape index (κ1) is 17.0. The summed E-state index contributed by atoms with van der Waals surface area (Å²) in [6, 6.07) is 0.267. The molecule has 0 aliphatic carbocycles. The van der Waals surface area contributed by atoms with Crippen LogP contribution in [0.1, 0.15) is 39.0 Å². The van der Waals surface area contributed by atoms with Crippen LogP contribution in [0.15, 0.2) is 12.2 Å². The standard InChI is InChI=1S/C16H26N4OS/c1-6-8-9-18-10-19(12(3)4)16(21)20(11-18)15-13(5)14(7-2)17-22-15/h6,8,12H,7,9-11H2,1-5H3/b8-6+. The number of amides is 2. The van der Waals surface area contributed by atoms with E-state index in [0.29, 0.717) is 13.3 Å². The molecule has 0 N–H and O–H groups in total. The summed E-state index contributed by atoms with van der Waals surface area (Å²) in [5.74, 6) is 0. The molecule has 0 aromatic carbocycles. The minimum atomic E-state index is 0.0844. The number of aryl methyl sites for hydroxylation is 1. The Labute approximate surface area is 137 Å². The minimum absolute atomic E-state index is 0.0844.